The van der Waals surface area contributed by atoms with E-state index in [4.69, 9.17) is 23.9 Å². The molecule has 46 heavy (non-hydrogen) atoms. The predicted molar refractivity (Wildman–Crippen MR) is 180 cm³/mol. The number of fused-ring (bicyclic) bond motifs is 1. The van der Waals surface area contributed by atoms with Crippen molar-refractivity contribution in [3.05, 3.63) is 35.8 Å². The molecule has 1 saturated carbocycles. The second kappa shape index (κ2) is 13.6. The molecule has 12 heteroatoms. The molecule has 0 unspecified atom stereocenters. The molecule has 11 nitrogen and oxygen atoms in total. The van der Waals surface area contributed by atoms with Gasteiger partial charge in [0.1, 0.15) is 41.4 Å². The highest BCUT2D eigenvalue weighted by atomic mass is 28.3. The summed E-state index contributed by atoms with van der Waals surface area (Å²) in [5.41, 5.74) is 3.33. The molecule has 2 aliphatic rings. The number of likely N-dealkylation sites (tertiary alicyclic amines) is 1. The Morgan fingerprint density at radius 2 is 1.87 bits per heavy atom. The lowest BCUT2D eigenvalue weighted by molar-refractivity contribution is 0.0290. The van der Waals surface area contributed by atoms with Crippen LogP contribution in [0.15, 0.2) is 24.5 Å². The maximum Gasteiger partial charge on any atom is 0.410 e. The number of aromatic nitrogens is 3. The van der Waals surface area contributed by atoms with Gasteiger partial charge in [0.2, 0.25) is 0 Å². The summed E-state index contributed by atoms with van der Waals surface area (Å²) in [5.74, 6) is 1.69. The van der Waals surface area contributed by atoms with Crippen molar-refractivity contribution in [3.8, 4) is 22.8 Å². The molecular formula is C34H49N5O6Si. The van der Waals surface area contributed by atoms with Crippen LogP contribution < -0.4 is 14.8 Å². The van der Waals surface area contributed by atoms with E-state index in [1.807, 2.05) is 50.5 Å². The quantitative estimate of drug-likeness (QED) is 0.180. The van der Waals surface area contributed by atoms with E-state index in [1.165, 1.54) is 19.2 Å². The van der Waals surface area contributed by atoms with Crippen LogP contribution in [0.4, 0.5) is 4.79 Å². The van der Waals surface area contributed by atoms with Gasteiger partial charge in [-0.05, 0) is 71.1 Å². The number of nitrogens with zero attached hydrogens (tertiary/aromatic N) is 4. The zero-order valence-electron chi connectivity index (χ0n) is 28.6. The zero-order chi connectivity index (χ0) is 33.2. The zero-order valence-corrected chi connectivity index (χ0v) is 29.6. The molecule has 3 heterocycles. The smallest absolute Gasteiger partial charge is 0.410 e. The average Bonchev–Trinajstić information content (AvgIpc) is 3.61. The molecule has 0 bridgehead atoms. The van der Waals surface area contributed by atoms with Crippen molar-refractivity contribution in [1.82, 2.24) is 24.8 Å². The summed E-state index contributed by atoms with van der Waals surface area (Å²) in [6.07, 6.45) is 4.10. The Hall–Kier alpha value is -3.64. The first-order chi connectivity index (χ1) is 21.7. The number of ether oxygens (including phenoxy) is 4. The number of hydrogen-bond acceptors (Lipinski definition) is 8. The fraction of sp³-hybridized carbons (Fsp3) is 0.588. The first-order valence-electron chi connectivity index (χ1n) is 16.3. The van der Waals surface area contributed by atoms with Gasteiger partial charge in [-0.15, -0.1) is 0 Å². The molecule has 1 aliphatic heterocycles. The van der Waals surface area contributed by atoms with Crippen molar-refractivity contribution in [3.63, 3.8) is 0 Å². The normalized spacial score (nSPS) is 17.0. The summed E-state index contributed by atoms with van der Waals surface area (Å²) < 4.78 is 25.6. The average molecular weight is 652 g/mol. The number of rotatable bonds is 12. The third-order valence-corrected chi connectivity index (χ3v) is 10.0. The standard InChI is InChI=1S/C34H49N5O6Si/c1-22-28(32(40)37-24-13-14-38(18-24)33(41)45-34(2,3)4)30-31(39(22)21-43-15-16-46(6,7)8)29(35-20-36-30)26-12-11-25(42-5)17-27(26)44-19-23-9-10-23/h11-12,17,20,23-24H,9-10,13-16,18-19,21H2,1-8H3,(H,37,40)/t24-/m1/s1. The van der Waals surface area contributed by atoms with Gasteiger partial charge < -0.3 is 33.7 Å². The molecule has 3 aromatic rings. The van der Waals surface area contributed by atoms with Gasteiger partial charge in [0.25, 0.3) is 5.91 Å². The summed E-state index contributed by atoms with van der Waals surface area (Å²) in [5, 5.41) is 3.16. The molecular weight excluding hydrogens is 602 g/mol. The van der Waals surface area contributed by atoms with E-state index < -0.39 is 13.7 Å². The molecule has 2 fully saturated rings. The Balaban J connectivity index is 1.49. The van der Waals surface area contributed by atoms with Gasteiger partial charge in [0.15, 0.2) is 0 Å². The second-order valence-corrected chi connectivity index (χ2v) is 20.3. The Kier molecular flexibility index (Phi) is 9.97. The summed E-state index contributed by atoms with van der Waals surface area (Å²) in [6.45, 7) is 16.8. The van der Waals surface area contributed by atoms with Gasteiger partial charge in [-0.2, -0.15) is 0 Å². The van der Waals surface area contributed by atoms with E-state index in [0.717, 1.165) is 17.3 Å². The van der Waals surface area contributed by atoms with E-state index >= 15 is 0 Å². The fourth-order valence-corrected chi connectivity index (χ4v) is 6.28. The third-order valence-electron chi connectivity index (χ3n) is 8.33. The van der Waals surface area contributed by atoms with Crippen LogP contribution in [0.1, 0.15) is 56.1 Å². The third kappa shape index (κ3) is 8.19. The monoisotopic (exact) mass is 651 g/mol. The Morgan fingerprint density at radius 3 is 2.54 bits per heavy atom. The van der Waals surface area contributed by atoms with Crippen LogP contribution in [0.5, 0.6) is 11.5 Å². The van der Waals surface area contributed by atoms with Crippen LogP contribution in [0.25, 0.3) is 22.3 Å². The van der Waals surface area contributed by atoms with E-state index in [2.05, 4.69) is 29.9 Å². The molecule has 1 saturated heterocycles. The van der Waals surface area contributed by atoms with Gasteiger partial charge in [-0.1, -0.05) is 19.6 Å². The molecule has 5 rings (SSSR count). The number of benzene rings is 1. The van der Waals surface area contributed by atoms with Gasteiger partial charge in [0.05, 0.1) is 24.8 Å². The van der Waals surface area contributed by atoms with Crippen LogP contribution in [-0.4, -0.2) is 84.6 Å². The molecule has 1 N–H and O–H groups in total. The van der Waals surface area contributed by atoms with Gasteiger partial charge in [-0.3, -0.25) is 4.79 Å². The first-order valence-corrected chi connectivity index (χ1v) is 20.0. The van der Waals surface area contributed by atoms with E-state index in [-0.39, 0.29) is 24.8 Å². The topological polar surface area (TPSA) is 117 Å². The van der Waals surface area contributed by atoms with Crippen LogP contribution >= 0.6 is 0 Å². The van der Waals surface area contributed by atoms with Crippen molar-refractivity contribution >= 4 is 31.1 Å². The number of hydrogen-bond donors (Lipinski definition) is 1. The fourth-order valence-electron chi connectivity index (χ4n) is 5.52. The Bertz CT molecular complexity index is 1570. The van der Waals surface area contributed by atoms with Crippen molar-refractivity contribution < 1.29 is 28.5 Å². The molecule has 1 aliphatic carbocycles. The maximum atomic E-state index is 14.0. The van der Waals surface area contributed by atoms with E-state index in [9.17, 15) is 9.59 Å². The van der Waals surface area contributed by atoms with Crippen molar-refractivity contribution in [2.75, 3.05) is 33.4 Å². The van der Waals surface area contributed by atoms with Crippen molar-refractivity contribution in [2.45, 2.75) is 91.0 Å². The predicted octanol–water partition coefficient (Wildman–Crippen LogP) is 6.26. The summed E-state index contributed by atoms with van der Waals surface area (Å²) >= 11 is 0. The SMILES string of the molecule is COc1ccc(-c2ncnc3c(C(=O)N[C@@H]4CCN(C(=O)OC(C)(C)C)C4)c(C)n(COCC[Si](C)(C)C)c23)c(OCC2CC2)c1. The number of nitrogens with one attached hydrogen (secondary N) is 1. The van der Waals surface area contributed by atoms with Gasteiger partial charge in [0, 0.05) is 51.1 Å². The molecule has 0 radical (unpaired) electrons. The molecule has 250 valence electrons. The Morgan fingerprint density at radius 1 is 1.11 bits per heavy atom. The largest absolute Gasteiger partial charge is 0.497 e. The highest BCUT2D eigenvalue weighted by Crippen LogP contribution is 2.39. The lowest BCUT2D eigenvalue weighted by Gasteiger charge is -2.24. The van der Waals surface area contributed by atoms with Crippen molar-refractivity contribution in [1.29, 1.82) is 0 Å². The number of carbonyl (C=O) groups excluding carboxylic acids is 2. The minimum Gasteiger partial charge on any atom is -0.497 e. The molecule has 2 aromatic heterocycles. The van der Waals surface area contributed by atoms with Crippen molar-refractivity contribution in [2.24, 2.45) is 5.92 Å². The van der Waals surface area contributed by atoms with Gasteiger partial charge in [-0.25, -0.2) is 14.8 Å². The number of carbonyl (C=O) groups is 2. The lowest BCUT2D eigenvalue weighted by Crippen LogP contribution is -2.40. The molecule has 2 amide bonds. The minimum atomic E-state index is -1.31. The highest BCUT2D eigenvalue weighted by Gasteiger charge is 2.33. The minimum absolute atomic E-state index is 0.212. The first kappa shape index (κ1) is 33.7. The van der Waals surface area contributed by atoms with E-state index in [1.54, 1.807) is 12.0 Å². The maximum absolute atomic E-state index is 14.0. The number of amides is 2. The van der Waals surface area contributed by atoms with Crippen LogP contribution in [0.3, 0.4) is 0 Å². The second-order valence-electron chi connectivity index (χ2n) is 14.7. The van der Waals surface area contributed by atoms with Crippen LogP contribution in [0.2, 0.25) is 25.7 Å². The van der Waals surface area contributed by atoms with Crippen LogP contribution in [-0.2, 0) is 16.2 Å². The summed E-state index contributed by atoms with van der Waals surface area (Å²) in [6, 6.07) is 6.54. The molecule has 1 aromatic carbocycles. The van der Waals surface area contributed by atoms with E-state index in [0.29, 0.717) is 72.4 Å². The lowest BCUT2D eigenvalue weighted by atomic mass is 10.1. The highest BCUT2D eigenvalue weighted by molar-refractivity contribution is 6.76. The summed E-state index contributed by atoms with van der Waals surface area (Å²) in [4.78, 5) is 37.7. The summed E-state index contributed by atoms with van der Waals surface area (Å²) in [7, 11) is 0.330. The van der Waals surface area contributed by atoms with Gasteiger partial charge >= 0.3 is 6.09 Å². The molecule has 0 spiro atoms. The Labute approximate surface area is 273 Å². The molecule has 1 atom stereocenters. The van der Waals surface area contributed by atoms with Crippen LogP contribution in [0, 0.1) is 12.8 Å². The number of methoxy groups -OCH3 is 1.